The molecule has 8 heteroatoms. The molecule has 1 aromatic carbocycles. The molecule has 0 aliphatic carbocycles. The first kappa shape index (κ1) is 21.8. The molecule has 1 heterocycles. The van der Waals surface area contributed by atoms with Crippen LogP contribution in [0.5, 0.6) is 17.2 Å². The first-order valence-corrected chi connectivity index (χ1v) is 10.1. The van der Waals surface area contributed by atoms with E-state index in [1.54, 1.807) is 39.7 Å². The third-order valence-electron chi connectivity index (χ3n) is 4.31. The predicted octanol–water partition coefficient (Wildman–Crippen LogP) is 2.95. The Labute approximate surface area is 171 Å². The number of benzene rings is 1. The van der Waals surface area contributed by atoms with E-state index >= 15 is 0 Å². The Hall–Kier alpha value is -2.48. The van der Waals surface area contributed by atoms with Gasteiger partial charge in [-0.05, 0) is 31.0 Å². The summed E-state index contributed by atoms with van der Waals surface area (Å²) in [6.07, 6.45) is 1.85. The molecule has 0 bridgehead atoms. The molecule has 2 rings (SSSR count). The van der Waals surface area contributed by atoms with Crippen molar-refractivity contribution in [2.75, 3.05) is 34.9 Å². The number of nitrogens with zero attached hydrogens (tertiary/aromatic N) is 2. The minimum Gasteiger partial charge on any atom is -0.493 e. The molecule has 0 amide bonds. The fraction of sp³-hybridized carbons (Fsp3) is 0.500. The van der Waals surface area contributed by atoms with Crippen LogP contribution in [0.15, 0.2) is 17.1 Å². The van der Waals surface area contributed by atoms with Crippen LogP contribution in [0, 0.1) is 6.92 Å². The Balaban J connectivity index is 1.92. The first-order chi connectivity index (χ1) is 13.6. The average Bonchev–Trinajstić information content (AvgIpc) is 3.08. The summed E-state index contributed by atoms with van der Waals surface area (Å²) in [5, 5.41) is 7.80. The van der Waals surface area contributed by atoms with E-state index in [0.29, 0.717) is 23.8 Å². The maximum Gasteiger partial charge on any atom is 0.203 e. The van der Waals surface area contributed by atoms with Crippen LogP contribution in [0.2, 0.25) is 0 Å². The number of ether oxygens (including phenoxy) is 3. The Bertz CT molecular complexity index is 780. The van der Waals surface area contributed by atoms with Crippen molar-refractivity contribution in [3.05, 3.63) is 33.3 Å². The van der Waals surface area contributed by atoms with Crippen molar-refractivity contribution in [3.8, 4) is 17.2 Å². The lowest BCUT2D eigenvalue weighted by Crippen LogP contribution is -2.37. The van der Waals surface area contributed by atoms with Crippen LogP contribution in [-0.4, -0.2) is 45.9 Å². The molecule has 0 saturated carbocycles. The molecule has 0 fully saturated rings. The van der Waals surface area contributed by atoms with Crippen LogP contribution in [0.25, 0.3) is 0 Å². The number of aryl methyl sites for hydroxylation is 2. The molecular formula is C20H30N4O3S. The number of hydrogen-bond donors (Lipinski definition) is 2. The van der Waals surface area contributed by atoms with E-state index < -0.39 is 0 Å². The molecule has 154 valence electrons. The van der Waals surface area contributed by atoms with Crippen molar-refractivity contribution in [2.45, 2.75) is 33.2 Å². The average molecular weight is 407 g/mol. The minimum atomic E-state index is 0.576. The summed E-state index contributed by atoms with van der Waals surface area (Å²) in [5.41, 5.74) is 2.20. The summed E-state index contributed by atoms with van der Waals surface area (Å²) in [5.74, 6) is 2.58. The Kier molecular flexibility index (Phi) is 8.38. The number of aromatic nitrogens is 1. The van der Waals surface area contributed by atoms with Gasteiger partial charge in [0.05, 0.1) is 32.0 Å². The molecule has 1 aromatic heterocycles. The van der Waals surface area contributed by atoms with Gasteiger partial charge in [0.1, 0.15) is 0 Å². The highest BCUT2D eigenvalue weighted by molar-refractivity contribution is 7.11. The number of nitrogens with one attached hydrogen (secondary N) is 2. The second kappa shape index (κ2) is 10.8. The zero-order valence-electron chi connectivity index (χ0n) is 17.5. The third kappa shape index (κ3) is 5.51. The topological polar surface area (TPSA) is 77.0 Å². The lowest BCUT2D eigenvalue weighted by atomic mass is 10.2. The molecule has 28 heavy (non-hydrogen) atoms. The summed E-state index contributed by atoms with van der Waals surface area (Å²) in [7, 11) is 6.57. The molecule has 0 saturated heterocycles. The van der Waals surface area contributed by atoms with Gasteiger partial charge >= 0.3 is 0 Å². The van der Waals surface area contributed by atoms with Gasteiger partial charge in [-0.25, -0.2) is 4.98 Å². The fourth-order valence-corrected chi connectivity index (χ4v) is 3.88. The maximum absolute atomic E-state index is 5.40. The van der Waals surface area contributed by atoms with Crippen molar-refractivity contribution >= 4 is 17.3 Å². The number of methoxy groups -OCH3 is 3. The van der Waals surface area contributed by atoms with Gasteiger partial charge in [0.2, 0.25) is 5.75 Å². The van der Waals surface area contributed by atoms with E-state index in [1.807, 2.05) is 12.1 Å². The predicted molar refractivity (Wildman–Crippen MR) is 114 cm³/mol. The SMILES string of the molecule is CCc1nc(CCNC(=NC)NCc2cc(OC)c(OC)c(OC)c2)sc1C. The molecule has 0 spiro atoms. The van der Waals surface area contributed by atoms with Crippen LogP contribution >= 0.6 is 11.3 Å². The largest absolute Gasteiger partial charge is 0.493 e. The van der Waals surface area contributed by atoms with E-state index in [4.69, 9.17) is 14.2 Å². The van der Waals surface area contributed by atoms with Crippen LogP contribution in [-0.2, 0) is 19.4 Å². The normalized spacial score (nSPS) is 11.3. The molecule has 7 nitrogen and oxygen atoms in total. The quantitative estimate of drug-likeness (QED) is 0.493. The van der Waals surface area contributed by atoms with Crippen molar-refractivity contribution < 1.29 is 14.2 Å². The van der Waals surface area contributed by atoms with Crippen molar-refractivity contribution in [1.82, 2.24) is 15.6 Å². The first-order valence-electron chi connectivity index (χ1n) is 9.24. The van der Waals surface area contributed by atoms with Gasteiger partial charge in [-0.3, -0.25) is 4.99 Å². The lowest BCUT2D eigenvalue weighted by Gasteiger charge is -2.15. The highest BCUT2D eigenvalue weighted by Gasteiger charge is 2.13. The second-order valence-corrected chi connectivity index (χ2v) is 7.39. The highest BCUT2D eigenvalue weighted by Crippen LogP contribution is 2.38. The van der Waals surface area contributed by atoms with Crippen LogP contribution in [0.4, 0.5) is 0 Å². The number of thiazole rings is 1. The van der Waals surface area contributed by atoms with Crippen molar-refractivity contribution in [2.24, 2.45) is 4.99 Å². The Morgan fingerprint density at radius 2 is 1.79 bits per heavy atom. The van der Waals surface area contributed by atoms with Gasteiger partial charge in [0.25, 0.3) is 0 Å². The molecule has 0 aliphatic heterocycles. The van der Waals surface area contributed by atoms with E-state index in [0.717, 1.165) is 35.9 Å². The monoisotopic (exact) mass is 406 g/mol. The van der Waals surface area contributed by atoms with Gasteiger partial charge in [-0.2, -0.15) is 0 Å². The molecule has 0 radical (unpaired) electrons. The van der Waals surface area contributed by atoms with E-state index in [-0.39, 0.29) is 0 Å². The van der Waals surface area contributed by atoms with Gasteiger partial charge in [-0.15, -0.1) is 11.3 Å². The molecule has 0 aliphatic rings. The summed E-state index contributed by atoms with van der Waals surface area (Å²) in [6.45, 7) is 5.61. The number of aliphatic imine (C=N–C) groups is 1. The highest BCUT2D eigenvalue weighted by atomic mass is 32.1. The molecule has 0 unspecified atom stereocenters. The van der Waals surface area contributed by atoms with Gasteiger partial charge in [0, 0.05) is 31.4 Å². The molecule has 2 N–H and O–H groups in total. The lowest BCUT2D eigenvalue weighted by molar-refractivity contribution is 0.323. The van der Waals surface area contributed by atoms with Crippen molar-refractivity contribution in [1.29, 1.82) is 0 Å². The summed E-state index contributed by atoms with van der Waals surface area (Å²) in [6, 6.07) is 3.85. The molecule has 2 aromatic rings. The zero-order valence-corrected chi connectivity index (χ0v) is 18.3. The van der Waals surface area contributed by atoms with Crippen LogP contribution in [0.1, 0.15) is 28.1 Å². The standard InChI is InChI=1S/C20H30N4O3S/c1-7-15-13(2)28-18(24-15)8-9-22-20(21-3)23-12-14-10-16(25-4)19(27-6)17(11-14)26-5/h10-11H,7-9,12H2,1-6H3,(H2,21,22,23). The van der Waals surface area contributed by atoms with Crippen LogP contribution in [0.3, 0.4) is 0 Å². The van der Waals surface area contributed by atoms with E-state index in [9.17, 15) is 0 Å². The van der Waals surface area contributed by atoms with Crippen LogP contribution < -0.4 is 24.8 Å². The number of hydrogen-bond acceptors (Lipinski definition) is 6. The van der Waals surface area contributed by atoms with Gasteiger partial charge < -0.3 is 24.8 Å². The number of guanidine groups is 1. The van der Waals surface area contributed by atoms with Gasteiger partial charge in [0.15, 0.2) is 17.5 Å². The smallest absolute Gasteiger partial charge is 0.203 e. The Morgan fingerprint density at radius 1 is 1.11 bits per heavy atom. The summed E-state index contributed by atoms with van der Waals surface area (Å²) < 4.78 is 16.2. The maximum atomic E-state index is 5.40. The van der Waals surface area contributed by atoms with E-state index in [2.05, 4.69) is 34.5 Å². The zero-order chi connectivity index (χ0) is 20.5. The van der Waals surface area contributed by atoms with Gasteiger partial charge in [-0.1, -0.05) is 6.92 Å². The fourth-order valence-electron chi connectivity index (χ4n) is 2.85. The van der Waals surface area contributed by atoms with Crippen molar-refractivity contribution in [3.63, 3.8) is 0 Å². The summed E-state index contributed by atoms with van der Waals surface area (Å²) in [4.78, 5) is 10.3. The minimum absolute atomic E-state index is 0.576. The number of rotatable bonds is 9. The Morgan fingerprint density at radius 3 is 2.29 bits per heavy atom. The third-order valence-corrected chi connectivity index (χ3v) is 5.38. The molecule has 0 atom stereocenters. The second-order valence-electron chi connectivity index (χ2n) is 6.10. The molecular weight excluding hydrogens is 376 g/mol. The van der Waals surface area contributed by atoms with E-state index in [1.165, 1.54) is 10.6 Å². The summed E-state index contributed by atoms with van der Waals surface area (Å²) >= 11 is 1.77.